The highest BCUT2D eigenvalue weighted by atomic mass is 32.2. The van der Waals surface area contributed by atoms with E-state index in [0.717, 1.165) is 24.0 Å². The fourth-order valence-electron chi connectivity index (χ4n) is 2.72. The Morgan fingerprint density at radius 3 is 2.64 bits per heavy atom. The number of hydrogen-bond donors (Lipinski definition) is 1. The molecule has 3 heteroatoms. The van der Waals surface area contributed by atoms with Crippen molar-refractivity contribution >= 4 is 10.8 Å². The molecule has 82 valence electrons. The van der Waals surface area contributed by atoms with Gasteiger partial charge < -0.3 is 5.32 Å². The summed E-state index contributed by atoms with van der Waals surface area (Å²) in [7, 11) is -0.576. The summed E-state index contributed by atoms with van der Waals surface area (Å²) >= 11 is 0. The summed E-state index contributed by atoms with van der Waals surface area (Å²) in [5.74, 6) is 3.19. The molecule has 2 nitrogen and oxygen atoms in total. The quantitative estimate of drug-likeness (QED) is 0.719. The largest absolute Gasteiger partial charge is 0.312 e. The summed E-state index contributed by atoms with van der Waals surface area (Å²) in [6.45, 7) is 3.26. The van der Waals surface area contributed by atoms with Crippen LogP contribution < -0.4 is 5.32 Å². The molecule has 2 aliphatic rings. The molecule has 0 aromatic carbocycles. The Morgan fingerprint density at radius 1 is 1.21 bits per heavy atom. The summed E-state index contributed by atoms with van der Waals surface area (Å²) < 4.78 is 11.7. The van der Waals surface area contributed by atoms with Gasteiger partial charge in [-0.25, -0.2) is 0 Å². The number of hydrogen-bond acceptors (Lipinski definition) is 2. The highest BCUT2D eigenvalue weighted by molar-refractivity contribution is 7.85. The lowest BCUT2D eigenvalue weighted by Gasteiger charge is -2.22. The first kappa shape index (κ1) is 10.6. The highest BCUT2D eigenvalue weighted by Gasteiger charge is 2.28. The van der Waals surface area contributed by atoms with Crippen molar-refractivity contribution in [1.29, 1.82) is 0 Å². The monoisotopic (exact) mass is 215 g/mol. The normalized spacial score (nSPS) is 41.1. The van der Waals surface area contributed by atoms with Gasteiger partial charge in [0.05, 0.1) is 0 Å². The Kier molecular flexibility index (Phi) is 3.61. The zero-order valence-corrected chi connectivity index (χ0v) is 9.81. The zero-order chi connectivity index (χ0) is 9.97. The first-order valence-corrected chi connectivity index (χ1v) is 7.33. The first-order valence-electron chi connectivity index (χ1n) is 5.84. The van der Waals surface area contributed by atoms with Gasteiger partial charge in [-0.1, -0.05) is 19.8 Å². The van der Waals surface area contributed by atoms with Gasteiger partial charge in [-0.05, 0) is 31.2 Å². The minimum atomic E-state index is -0.576. The van der Waals surface area contributed by atoms with Gasteiger partial charge in [0.15, 0.2) is 0 Å². The standard InChI is InChI=1S/C11H21NOS/c1-9-6-12-11(8-14(13)7-9)10-4-2-3-5-10/h9-12H,2-8H2,1H3. The van der Waals surface area contributed by atoms with Gasteiger partial charge in [-0.15, -0.1) is 0 Å². The van der Waals surface area contributed by atoms with Crippen LogP contribution in [0, 0.1) is 11.8 Å². The van der Waals surface area contributed by atoms with Crippen molar-refractivity contribution in [2.75, 3.05) is 18.1 Å². The summed E-state index contributed by atoms with van der Waals surface area (Å²) in [5, 5.41) is 3.61. The minimum Gasteiger partial charge on any atom is -0.312 e. The molecule has 0 aromatic heterocycles. The Morgan fingerprint density at radius 2 is 1.93 bits per heavy atom. The molecule has 1 saturated heterocycles. The molecule has 0 amide bonds. The Hall–Kier alpha value is 0.110. The third-order valence-corrected chi connectivity index (χ3v) is 5.20. The molecule has 2 rings (SSSR count). The molecule has 1 aliphatic carbocycles. The smallest absolute Gasteiger partial charge is 0.0391 e. The van der Waals surface area contributed by atoms with Gasteiger partial charge >= 0.3 is 0 Å². The van der Waals surface area contributed by atoms with E-state index in [1.165, 1.54) is 25.7 Å². The lowest BCUT2D eigenvalue weighted by atomic mass is 9.99. The maximum Gasteiger partial charge on any atom is 0.0391 e. The van der Waals surface area contributed by atoms with Crippen molar-refractivity contribution in [2.24, 2.45) is 11.8 Å². The molecule has 0 radical (unpaired) electrons. The fraction of sp³-hybridized carbons (Fsp3) is 1.00. The van der Waals surface area contributed by atoms with Gasteiger partial charge in [-0.3, -0.25) is 4.21 Å². The highest BCUT2D eigenvalue weighted by Crippen LogP contribution is 2.28. The van der Waals surface area contributed by atoms with Crippen LogP contribution in [-0.2, 0) is 10.8 Å². The van der Waals surface area contributed by atoms with E-state index in [1.54, 1.807) is 0 Å². The van der Waals surface area contributed by atoms with Crippen molar-refractivity contribution in [3.05, 3.63) is 0 Å². The molecule has 1 N–H and O–H groups in total. The van der Waals surface area contributed by atoms with Crippen molar-refractivity contribution < 1.29 is 4.21 Å². The lowest BCUT2D eigenvalue weighted by molar-refractivity contribution is 0.376. The van der Waals surface area contributed by atoms with Gasteiger partial charge in [0.25, 0.3) is 0 Å². The predicted molar refractivity (Wildman–Crippen MR) is 60.8 cm³/mol. The van der Waals surface area contributed by atoms with E-state index < -0.39 is 10.8 Å². The third kappa shape index (κ3) is 2.57. The van der Waals surface area contributed by atoms with Gasteiger partial charge in [0.2, 0.25) is 0 Å². The molecule has 0 aromatic rings. The molecule has 1 heterocycles. The number of rotatable bonds is 1. The van der Waals surface area contributed by atoms with Crippen LogP contribution in [-0.4, -0.2) is 28.3 Å². The first-order chi connectivity index (χ1) is 6.75. The Balaban J connectivity index is 1.94. The summed E-state index contributed by atoms with van der Waals surface area (Å²) in [5.41, 5.74) is 0. The predicted octanol–water partition coefficient (Wildman–Crippen LogP) is 1.53. The van der Waals surface area contributed by atoms with Crippen LogP contribution in [0.4, 0.5) is 0 Å². The average molecular weight is 215 g/mol. The fourth-order valence-corrected chi connectivity index (χ4v) is 4.40. The molecular weight excluding hydrogens is 194 g/mol. The number of nitrogens with one attached hydrogen (secondary N) is 1. The summed E-state index contributed by atoms with van der Waals surface area (Å²) in [4.78, 5) is 0. The Labute approximate surface area is 89.3 Å². The van der Waals surface area contributed by atoms with Crippen LogP contribution in [0.15, 0.2) is 0 Å². The summed E-state index contributed by atoms with van der Waals surface area (Å²) in [6.07, 6.45) is 5.46. The Bertz CT molecular complexity index is 213. The van der Waals surface area contributed by atoms with E-state index >= 15 is 0 Å². The molecule has 1 aliphatic heterocycles. The van der Waals surface area contributed by atoms with Crippen molar-refractivity contribution in [2.45, 2.75) is 38.6 Å². The molecule has 3 unspecified atom stereocenters. The van der Waals surface area contributed by atoms with E-state index in [-0.39, 0.29) is 0 Å². The second-order valence-corrected chi connectivity index (χ2v) is 6.48. The maximum absolute atomic E-state index is 11.7. The SMILES string of the molecule is CC1CNC(C2CCCC2)CS(=O)C1. The minimum absolute atomic E-state index is 0.545. The average Bonchev–Trinajstić information content (AvgIpc) is 2.59. The van der Waals surface area contributed by atoms with E-state index in [4.69, 9.17) is 0 Å². The van der Waals surface area contributed by atoms with Crippen LogP contribution in [0.5, 0.6) is 0 Å². The van der Waals surface area contributed by atoms with Crippen LogP contribution in [0.2, 0.25) is 0 Å². The molecule has 0 bridgehead atoms. The molecule has 2 fully saturated rings. The van der Waals surface area contributed by atoms with Gasteiger partial charge in [-0.2, -0.15) is 0 Å². The second kappa shape index (κ2) is 4.75. The van der Waals surface area contributed by atoms with E-state index in [1.807, 2.05) is 0 Å². The topological polar surface area (TPSA) is 29.1 Å². The molecule has 3 atom stereocenters. The third-order valence-electron chi connectivity index (χ3n) is 3.53. The van der Waals surface area contributed by atoms with Crippen LogP contribution >= 0.6 is 0 Å². The zero-order valence-electron chi connectivity index (χ0n) is 9.00. The van der Waals surface area contributed by atoms with E-state index in [9.17, 15) is 4.21 Å². The van der Waals surface area contributed by atoms with Crippen molar-refractivity contribution in [3.8, 4) is 0 Å². The van der Waals surface area contributed by atoms with E-state index in [2.05, 4.69) is 12.2 Å². The van der Waals surface area contributed by atoms with Crippen LogP contribution in [0.3, 0.4) is 0 Å². The second-order valence-electron chi connectivity index (χ2n) is 4.94. The van der Waals surface area contributed by atoms with Crippen molar-refractivity contribution in [3.63, 3.8) is 0 Å². The molecule has 14 heavy (non-hydrogen) atoms. The molecular formula is C11H21NOS. The molecule has 0 spiro atoms. The lowest BCUT2D eigenvalue weighted by Crippen LogP contribution is -2.38. The van der Waals surface area contributed by atoms with Crippen molar-refractivity contribution in [1.82, 2.24) is 5.32 Å². The summed E-state index contributed by atoms with van der Waals surface area (Å²) in [6, 6.07) is 0.545. The maximum atomic E-state index is 11.7. The van der Waals surface area contributed by atoms with Gasteiger partial charge in [0.1, 0.15) is 0 Å². The molecule has 1 saturated carbocycles. The van der Waals surface area contributed by atoms with Crippen LogP contribution in [0.25, 0.3) is 0 Å². The van der Waals surface area contributed by atoms with Gasteiger partial charge in [0, 0.05) is 28.3 Å². The van der Waals surface area contributed by atoms with Crippen LogP contribution in [0.1, 0.15) is 32.6 Å². The van der Waals surface area contributed by atoms with E-state index in [0.29, 0.717) is 12.0 Å².